The number of benzene rings is 2. The summed E-state index contributed by atoms with van der Waals surface area (Å²) in [4.78, 5) is 11.8. The molecule has 2 aromatic rings. The van der Waals surface area contributed by atoms with Gasteiger partial charge in [0.15, 0.2) is 0 Å². The second-order valence-corrected chi connectivity index (χ2v) is 4.98. The molecule has 0 atom stereocenters. The fourth-order valence-corrected chi connectivity index (χ4v) is 2.09. The monoisotopic (exact) mass is 359 g/mol. The fourth-order valence-electron chi connectivity index (χ4n) is 1.61. The van der Waals surface area contributed by atoms with Crippen molar-refractivity contribution in [2.75, 3.05) is 5.73 Å². The van der Waals surface area contributed by atoms with E-state index in [1.807, 2.05) is 0 Å². The molecule has 0 amide bonds. The van der Waals surface area contributed by atoms with Crippen LogP contribution in [0.5, 0.6) is 0 Å². The van der Waals surface area contributed by atoms with Gasteiger partial charge < -0.3 is 10.5 Å². The number of nitrogen functional groups attached to an aromatic ring is 1. The van der Waals surface area contributed by atoms with Gasteiger partial charge >= 0.3 is 5.97 Å². The van der Waals surface area contributed by atoms with Gasteiger partial charge in [-0.2, -0.15) is 0 Å². The molecule has 0 bridgehead atoms. The van der Waals surface area contributed by atoms with Gasteiger partial charge in [-0.05, 0) is 40.2 Å². The molecule has 0 saturated carbocycles. The third kappa shape index (κ3) is 3.36. The normalized spacial score (nSPS) is 10.5. The van der Waals surface area contributed by atoms with E-state index in [0.29, 0.717) is 0 Å². The van der Waals surface area contributed by atoms with Gasteiger partial charge in [-0.25, -0.2) is 18.0 Å². The number of anilines is 1. The van der Waals surface area contributed by atoms with Gasteiger partial charge in [0.05, 0.1) is 16.8 Å². The van der Waals surface area contributed by atoms with Crippen LogP contribution in [0, 0.1) is 17.5 Å². The van der Waals surface area contributed by atoms with Crippen molar-refractivity contribution in [3.05, 3.63) is 63.4 Å². The maximum Gasteiger partial charge on any atom is 0.339 e. The quantitative estimate of drug-likeness (QED) is 0.669. The van der Waals surface area contributed by atoms with Gasteiger partial charge in [-0.15, -0.1) is 0 Å². The Balaban J connectivity index is 2.18. The van der Waals surface area contributed by atoms with Crippen LogP contribution in [0.4, 0.5) is 18.9 Å². The van der Waals surface area contributed by atoms with Crippen molar-refractivity contribution in [2.24, 2.45) is 0 Å². The van der Waals surface area contributed by atoms with Crippen LogP contribution in [0.2, 0.25) is 0 Å². The molecule has 0 heterocycles. The number of ether oxygens (including phenoxy) is 1. The van der Waals surface area contributed by atoms with Crippen LogP contribution in [0.25, 0.3) is 0 Å². The van der Waals surface area contributed by atoms with E-state index in [1.54, 1.807) is 0 Å². The average Bonchev–Trinajstić information content (AvgIpc) is 2.42. The van der Waals surface area contributed by atoms with Crippen molar-refractivity contribution in [1.29, 1.82) is 0 Å². The van der Waals surface area contributed by atoms with E-state index in [4.69, 9.17) is 10.5 Å². The molecule has 0 unspecified atom stereocenters. The van der Waals surface area contributed by atoms with Gasteiger partial charge in [0.2, 0.25) is 0 Å². The molecule has 0 aliphatic rings. The summed E-state index contributed by atoms with van der Waals surface area (Å²) < 4.78 is 44.9. The molecule has 0 aliphatic carbocycles. The van der Waals surface area contributed by atoms with Crippen molar-refractivity contribution in [3.63, 3.8) is 0 Å². The number of rotatable bonds is 3. The summed E-state index contributed by atoms with van der Waals surface area (Å²) in [6, 6.07) is 5.40. The summed E-state index contributed by atoms with van der Waals surface area (Å²) >= 11 is 2.99. The molecular weight excluding hydrogens is 351 g/mol. The molecule has 3 nitrogen and oxygen atoms in total. The Kier molecular flexibility index (Phi) is 4.52. The molecule has 0 aliphatic heterocycles. The lowest BCUT2D eigenvalue weighted by molar-refractivity contribution is 0.0463. The van der Waals surface area contributed by atoms with Crippen molar-refractivity contribution < 1.29 is 22.7 Å². The number of hydrogen-bond acceptors (Lipinski definition) is 3. The molecule has 0 saturated heterocycles. The van der Waals surface area contributed by atoms with Crippen molar-refractivity contribution >= 4 is 27.6 Å². The number of nitrogens with two attached hydrogens (primary N) is 1. The first-order valence-electron chi connectivity index (χ1n) is 5.74. The minimum Gasteiger partial charge on any atom is -0.457 e. The lowest BCUT2D eigenvalue weighted by Gasteiger charge is -2.09. The first-order valence-corrected chi connectivity index (χ1v) is 6.54. The standard InChI is InChI=1S/C14H9BrF3NO2/c15-9-5-12(18)13(19)4-7(9)14(20)21-6-8-10(16)2-1-3-11(8)17/h1-5H,6,19H2. The van der Waals surface area contributed by atoms with Crippen molar-refractivity contribution in [2.45, 2.75) is 6.61 Å². The predicted octanol–water partition coefficient (Wildman–Crippen LogP) is 3.81. The Labute approximate surface area is 126 Å². The summed E-state index contributed by atoms with van der Waals surface area (Å²) in [7, 11) is 0. The van der Waals surface area contributed by atoms with Crippen LogP contribution in [0.15, 0.2) is 34.8 Å². The van der Waals surface area contributed by atoms with Crippen LogP contribution in [-0.4, -0.2) is 5.97 Å². The summed E-state index contributed by atoms with van der Waals surface area (Å²) in [6.45, 7) is -0.582. The highest BCUT2D eigenvalue weighted by atomic mass is 79.9. The van der Waals surface area contributed by atoms with Gasteiger partial charge in [-0.1, -0.05) is 6.07 Å². The van der Waals surface area contributed by atoms with E-state index >= 15 is 0 Å². The molecule has 2 aromatic carbocycles. The number of carbonyl (C=O) groups is 1. The van der Waals surface area contributed by atoms with Gasteiger partial charge in [0.1, 0.15) is 24.1 Å². The second-order valence-electron chi connectivity index (χ2n) is 4.13. The minimum atomic E-state index is -0.878. The molecule has 0 radical (unpaired) electrons. The molecule has 0 spiro atoms. The van der Waals surface area contributed by atoms with E-state index in [1.165, 1.54) is 6.07 Å². The first kappa shape index (κ1) is 15.4. The third-order valence-corrected chi connectivity index (χ3v) is 3.37. The van der Waals surface area contributed by atoms with E-state index in [2.05, 4.69) is 15.9 Å². The molecular formula is C14H9BrF3NO2. The minimum absolute atomic E-state index is 0.0364. The van der Waals surface area contributed by atoms with E-state index < -0.39 is 30.0 Å². The number of hydrogen-bond donors (Lipinski definition) is 1. The van der Waals surface area contributed by atoms with E-state index in [9.17, 15) is 18.0 Å². The Morgan fingerprint density at radius 3 is 2.38 bits per heavy atom. The highest BCUT2D eigenvalue weighted by Gasteiger charge is 2.17. The fraction of sp³-hybridized carbons (Fsp3) is 0.0714. The molecule has 21 heavy (non-hydrogen) atoms. The van der Waals surface area contributed by atoms with Crippen LogP contribution in [-0.2, 0) is 11.3 Å². The smallest absolute Gasteiger partial charge is 0.339 e. The van der Waals surface area contributed by atoms with E-state index in [-0.39, 0.29) is 21.3 Å². The Hall–Kier alpha value is -2.02. The summed E-state index contributed by atoms with van der Waals surface area (Å²) in [5.41, 5.74) is 4.72. The first-order chi connectivity index (χ1) is 9.90. The summed E-state index contributed by atoms with van der Waals surface area (Å²) in [5, 5.41) is 0. The zero-order valence-corrected chi connectivity index (χ0v) is 12.1. The predicted molar refractivity (Wildman–Crippen MR) is 74.0 cm³/mol. The molecule has 2 rings (SSSR count). The zero-order valence-electron chi connectivity index (χ0n) is 10.5. The maximum atomic E-state index is 13.4. The van der Waals surface area contributed by atoms with Crippen LogP contribution < -0.4 is 5.73 Å². The third-order valence-electron chi connectivity index (χ3n) is 2.72. The largest absolute Gasteiger partial charge is 0.457 e. The van der Waals surface area contributed by atoms with Crippen molar-refractivity contribution in [1.82, 2.24) is 0 Å². The molecule has 110 valence electrons. The topological polar surface area (TPSA) is 52.3 Å². The van der Waals surface area contributed by atoms with Gasteiger partial charge in [-0.3, -0.25) is 0 Å². The van der Waals surface area contributed by atoms with Crippen LogP contribution in [0.1, 0.15) is 15.9 Å². The van der Waals surface area contributed by atoms with Crippen molar-refractivity contribution in [3.8, 4) is 0 Å². The number of esters is 1. The lowest BCUT2D eigenvalue weighted by Crippen LogP contribution is -2.09. The molecule has 7 heteroatoms. The molecule has 0 aromatic heterocycles. The second kappa shape index (κ2) is 6.17. The van der Waals surface area contributed by atoms with Crippen LogP contribution >= 0.6 is 15.9 Å². The van der Waals surface area contributed by atoms with Crippen LogP contribution in [0.3, 0.4) is 0 Å². The molecule has 2 N–H and O–H groups in total. The van der Waals surface area contributed by atoms with Gasteiger partial charge in [0, 0.05) is 4.47 Å². The average molecular weight is 360 g/mol. The lowest BCUT2D eigenvalue weighted by atomic mass is 10.2. The highest BCUT2D eigenvalue weighted by Crippen LogP contribution is 2.24. The Bertz CT molecular complexity index is 687. The highest BCUT2D eigenvalue weighted by molar-refractivity contribution is 9.10. The number of halogens is 4. The Morgan fingerprint density at radius 1 is 1.14 bits per heavy atom. The Morgan fingerprint density at radius 2 is 1.76 bits per heavy atom. The van der Waals surface area contributed by atoms with E-state index in [0.717, 1.165) is 24.3 Å². The summed E-state index contributed by atoms with van der Waals surface area (Å²) in [5.74, 6) is -3.21. The maximum absolute atomic E-state index is 13.4. The molecule has 0 fully saturated rings. The zero-order chi connectivity index (χ0) is 15.6. The number of carbonyl (C=O) groups excluding carboxylic acids is 1. The summed E-state index contributed by atoms with van der Waals surface area (Å²) in [6.07, 6.45) is 0. The SMILES string of the molecule is Nc1cc(C(=O)OCc2c(F)cccc2F)c(Br)cc1F. The van der Waals surface area contributed by atoms with Gasteiger partial charge in [0.25, 0.3) is 0 Å².